The second-order valence-electron chi connectivity index (χ2n) is 4.14. The first-order chi connectivity index (χ1) is 8.03. The molecule has 0 aromatic rings. The van der Waals surface area contributed by atoms with Gasteiger partial charge in [-0.05, 0) is 26.3 Å². The summed E-state index contributed by atoms with van der Waals surface area (Å²) in [7, 11) is 0. The van der Waals surface area contributed by atoms with E-state index in [9.17, 15) is 0 Å². The molecule has 0 aromatic carbocycles. The molecule has 0 aliphatic heterocycles. The summed E-state index contributed by atoms with van der Waals surface area (Å²) >= 11 is 0. The maximum atomic E-state index is 3.72. The van der Waals surface area contributed by atoms with Crippen molar-refractivity contribution in [3.63, 3.8) is 0 Å². The summed E-state index contributed by atoms with van der Waals surface area (Å²) in [5.74, 6) is 0. The van der Waals surface area contributed by atoms with Gasteiger partial charge in [0, 0.05) is 0 Å². The van der Waals surface area contributed by atoms with Crippen molar-refractivity contribution in [2.24, 2.45) is 0 Å². The molecule has 0 heterocycles. The van der Waals surface area contributed by atoms with Crippen LogP contribution in [0.15, 0.2) is 60.3 Å². The fourth-order valence-electron chi connectivity index (χ4n) is 0.835. The SMILES string of the molecule is C=C/C=C\C(/C=C(/C)C=C)=C(C)C.CCCC. The Kier molecular flexibility index (Phi) is 13.6. The Morgan fingerprint density at radius 3 is 1.82 bits per heavy atom. The molecule has 0 aliphatic carbocycles. The number of allylic oxidation sites excluding steroid dienone is 8. The highest BCUT2D eigenvalue weighted by Crippen LogP contribution is 2.10. The molecule has 96 valence electrons. The molecule has 0 rings (SSSR count). The lowest BCUT2D eigenvalue weighted by Gasteiger charge is -1.99. The molecule has 0 nitrogen and oxygen atoms in total. The van der Waals surface area contributed by atoms with Crippen LogP contribution in [0.3, 0.4) is 0 Å². The monoisotopic (exact) mass is 232 g/mol. The predicted molar refractivity (Wildman–Crippen MR) is 82.2 cm³/mol. The molecule has 0 amide bonds. The molecule has 0 spiro atoms. The first-order valence-corrected chi connectivity index (χ1v) is 6.30. The zero-order valence-electron chi connectivity index (χ0n) is 12.2. The van der Waals surface area contributed by atoms with Crippen LogP contribution >= 0.6 is 0 Å². The molecule has 17 heavy (non-hydrogen) atoms. The smallest absolute Gasteiger partial charge is 0.0268 e. The quantitative estimate of drug-likeness (QED) is 0.510. The fourth-order valence-corrected chi connectivity index (χ4v) is 0.835. The molecule has 0 N–H and O–H groups in total. The first kappa shape index (κ1) is 18.1. The van der Waals surface area contributed by atoms with Gasteiger partial charge in [0.1, 0.15) is 0 Å². The van der Waals surface area contributed by atoms with E-state index in [0.717, 1.165) is 0 Å². The maximum Gasteiger partial charge on any atom is -0.0268 e. The molecular weight excluding hydrogens is 204 g/mol. The first-order valence-electron chi connectivity index (χ1n) is 6.30. The van der Waals surface area contributed by atoms with Gasteiger partial charge in [-0.25, -0.2) is 0 Å². The van der Waals surface area contributed by atoms with Crippen LogP contribution in [0.4, 0.5) is 0 Å². The lowest BCUT2D eigenvalue weighted by molar-refractivity contribution is 0.886. The van der Waals surface area contributed by atoms with Crippen molar-refractivity contribution in [1.29, 1.82) is 0 Å². The van der Waals surface area contributed by atoms with E-state index in [4.69, 9.17) is 0 Å². The fraction of sp³-hybridized carbons (Fsp3) is 0.412. The van der Waals surface area contributed by atoms with E-state index < -0.39 is 0 Å². The minimum atomic E-state index is 1.17. The van der Waals surface area contributed by atoms with Crippen LogP contribution in [-0.2, 0) is 0 Å². The standard InChI is InChI=1S/C13H18.C4H10/c1-6-8-9-13(11(3)4)10-12(5)7-2;1-3-4-2/h6-10H,1-2H2,3-5H3;3-4H2,1-2H3/b9-8-,12-10-;. The van der Waals surface area contributed by atoms with Gasteiger partial charge in [-0.1, -0.05) is 81.4 Å². The van der Waals surface area contributed by atoms with Crippen LogP contribution in [0.25, 0.3) is 0 Å². The molecular formula is C17H28. The van der Waals surface area contributed by atoms with Crippen LogP contribution in [0.1, 0.15) is 47.5 Å². The minimum Gasteiger partial charge on any atom is -0.0991 e. The zero-order valence-corrected chi connectivity index (χ0v) is 12.2. The van der Waals surface area contributed by atoms with Crippen molar-refractivity contribution in [3.05, 3.63) is 60.3 Å². The number of hydrogen-bond acceptors (Lipinski definition) is 0. The zero-order chi connectivity index (χ0) is 13.7. The highest BCUT2D eigenvalue weighted by molar-refractivity contribution is 5.39. The highest BCUT2D eigenvalue weighted by Gasteiger charge is 1.90. The molecule has 0 bridgehead atoms. The average Bonchev–Trinajstić information content (AvgIpc) is 2.33. The maximum absolute atomic E-state index is 3.72. The van der Waals surface area contributed by atoms with Gasteiger partial charge in [-0.15, -0.1) is 0 Å². The molecule has 0 aromatic heterocycles. The largest absolute Gasteiger partial charge is 0.0991 e. The van der Waals surface area contributed by atoms with E-state index in [2.05, 4.69) is 53.0 Å². The molecule has 0 fully saturated rings. The Morgan fingerprint density at radius 2 is 1.53 bits per heavy atom. The lowest BCUT2D eigenvalue weighted by Crippen LogP contribution is -1.78. The molecule has 0 saturated heterocycles. The minimum absolute atomic E-state index is 1.17. The Labute approximate surface area is 108 Å². The van der Waals surface area contributed by atoms with Gasteiger partial charge in [-0.2, -0.15) is 0 Å². The van der Waals surface area contributed by atoms with Crippen molar-refractivity contribution in [3.8, 4) is 0 Å². The molecule has 0 heteroatoms. The van der Waals surface area contributed by atoms with Crippen molar-refractivity contribution in [2.45, 2.75) is 47.5 Å². The molecule has 0 unspecified atom stereocenters. The second-order valence-corrected chi connectivity index (χ2v) is 4.14. The summed E-state index contributed by atoms with van der Waals surface area (Å²) in [5.41, 5.74) is 3.68. The number of hydrogen-bond donors (Lipinski definition) is 0. The van der Waals surface area contributed by atoms with Crippen molar-refractivity contribution in [1.82, 2.24) is 0 Å². The Morgan fingerprint density at radius 1 is 1.00 bits per heavy atom. The summed E-state index contributed by atoms with van der Waals surface area (Å²) in [6.07, 6.45) is 12.4. The van der Waals surface area contributed by atoms with Crippen LogP contribution in [0, 0.1) is 0 Å². The Bertz CT molecular complexity index is 292. The molecule has 0 radical (unpaired) electrons. The summed E-state index contributed by atoms with van der Waals surface area (Å²) < 4.78 is 0. The third kappa shape index (κ3) is 12.6. The summed E-state index contributed by atoms with van der Waals surface area (Å²) in [5, 5.41) is 0. The van der Waals surface area contributed by atoms with Gasteiger partial charge in [0.15, 0.2) is 0 Å². The highest BCUT2D eigenvalue weighted by atomic mass is 14.0. The van der Waals surface area contributed by atoms with E-state index in [-0.39, 0.29) is 0 Å². The van der Waals surface area contributed by atoms with Gasteiger partial charge in [0.05, 0.1) is 0 Å². The summed E-state index contributed by atoms with van der Waals surface area (Å²) in [6, 6.07) is 0. The van der Waals surface area contributed by atoms with Crippen molar-refractivity contribution in [2.75, 3.05) is 0 Å². The molecule has 0 aliphatic rings. The van der Waals surface area contributed by atoms with E-state index in [1.54, 1.807) is 6.08 Å². The van der Waals surface area contributed by atoms with E-state index in [1.807, 2.05) is 19.1 Å². The van der Waals surface area contributed by atoms with Crippen LogP contribution in [0.2, 0.25) is 0 Å². The normalized spacial score (nSPS) is 10.5. The van der Waals surface area contributed by atoms with Crippen LogP contribution in [-0.4, -0.2) is 0 Å². The van der Waals surface area contributed by atoms with Crippen molar-refractivity contribution < 1.29 is 0 Å². The van der Waals surface area contributed by atoms with Crippen LogP contribution in [0.5, 0.6) is 0 Å². The van der Waals surface area contributed by atoms with Gasteiger partial charge in [-0.3, -0.25) is 0 Å². The summed E-state index contributed by atoms with van der Waals surface area (Å²) in [6.45, 7) is 17.9. The van der Waals surface area contributed by atoms with Gasteiger partial charge in [0.25, 0.3) is 0 Å². The van der Waals surface area contributed by atoms with Gasteiger partial charge < -0.3 is 0 Å². The predicted octanol–water partition coefficient (Wildman–Crippen LogP) is 6.00. The Hall–Kier alpha value is -1.30. The second kappa shape index (κ2) is 12.8. The van der Waals surface area contributed by atoms with Crippen molar-refractivity contribution >= 4 is 0 Å². The van der Waals surface area contributed by atoms with Gasteiger partial charge in [0.2, 0.25) is 0 Å². The average molecular weight is 232 g/mol. The third-order valence-corrected chi connectivity index (χ3v) is 2.19. The van der Waals surface area contributed by atoms with E-state index >= 15 is 0 Å². The molecule has 0 saturated carbocycles. The third-order valence-electron chi connectivity index (χ3n) is 2.19. The van der Waals surface area contributed by atoms with Gasteiger partial charge >= 0.3 is 0 Å². The number of unbranched alkanes of at least 4 members (excludes halogenated alkanes) is 1. The van der Waals surface area contributed by atoms with E-state index in [0.29, 0.717) is 0 Å². The Balaban J connectivity index is 0. The lowest BCUT2D eigenvalue weighted by atomic mass is 10.1. The van der Waals surface area contributed by atoms with E-state index in [1.165, 1.54) is 29.6 Å². The topological polar surface area (TPSA) is 0 Å². The van der Waals surface area contributed by atoms with Crippen LogP contribution < -0.4 is 0 Å². The molecule has 0 atom stereocenters. The summed E-state index contributed by atoms with van der Waals surface area (Å²) in [4.78, 5) is 0. The number of rotatable bonds is 5.